The van der Waals surface area contributed by atoms with Gasteiger partial charge in [0.15, 0.2) is 70.6 Å². The molecule has 21 rings (SSSR count). The van der Waals surface area contributed by atoms with Crippen LogP contribution in [0.2, 0.25) is 0 Å². The van der Waals surface area contributed by atoms with Gasteiger partial charge in [-0.2, -0.15) is 0 Å². The first-order chi connectivity index (χ1) is 63.3. The Morgan fingerprint density at radius 3 is 1.08 bits per heavy atom. The largest absolute Gasteiger partial charge is 0.504 e. The minimum Gasteiger partial charge on any atom is -0.504 e. The molecule has 0 aliphatic carbocycles. The number of hydrogen-bond acceptors (Lipinski definition) is 22. The number of hydrogen-bond donors (Lipinski definition) is 2. The highest BCUT2D eigenvalue weighted by atomic mass is 16.8. The second kappa shape index (κ2) is 33.3. The molecule has 129 heavy (non-hydrogen) atoms. The molecule has 0 saturated carbocycles. The van der Waals surface area contributed by atoms with Crippen LogP contribution in [-0.4, -0.2) is 71.4 Å². The fraction of sp³-hybridized carbons (Fsp3) is 0.121. The maximum absolute atomic E-state index is 17.5. The number of carbonyl (C=O) groups is 4. The molecule has 22 heteroatoms. The van der Waals surface area contributed by atoms with Crippen molar-refractivity contribution < 1.29 is 105 Å². The van der Waals surface area contributed by atoms with Crippen molar-refractivity contribution in [3.63, 3.8) is 0 Å². The van der Waals surface area contributed by atoms with E-state index in [1.807, 2.05) is 237 Å². The van der Waals surface area contributed by atoms with Gasteiger partial charge in [0.25, 0.3) is 0 Å². The first-order valence-corrected chi connectivity index (χ1v) is 41.9. The predicted octanol–water partition coefficient (Wildman–Crippen LogP) is 19.7. The lowest BCUT2D eigenvalue weighted by Gasteiger charge is -2.44. The molecular weight excluding hydrogens is 1640 g/mol. The van der Waals surface area contributed by atoms with Crippen LogP contribution in [0.5, 0.6) is 69.0 Å². The van der Waals surface area contributed by atoms with Crippen LogP contribution in [0, 0.1) is 0 Å². The van der Waals surface area contributed by atoms with Crippen LogP contribution in [0.3, 0.4) is 0 Å². The van der Waals surface area contributed by atoms with Crippen LogP contribution in [0.15, 0.2) is 370 Å². The van der Waals surface area contributed by atoms with E-state index in [4.69, 9.17) is 75.8 Å². The molecule has 0 amide bonds. The van der Waals surface area contributed by atoms with E-state index in [-0.39, 0.29) is 111 Å². The standard InChI is InChI=1S/C107H76O22/c108-81-56-69(58-84-90(81)125-104(122-84,71-40-18-4-19-41-71)72-42-20-5-21-43-72)99(110)116-65-87-92(119-100(111)70-57-82(109)91-85(59-70)123-105(126-91,73-44-22-6-23-45-73)74-46-24-7-25-47-74)97-98(103(118-87)117-64-68-38-16-3-17-39-68)121-102(113)79-60-83(114-62-66-34-12-1-13-35-66)93-96(129-107(127-93,77-52-30-10-31-53-77)78-54-32-11-33-55-78)89(79)88-80(101(112)120-97)61-86-94(95(88)115-63-67-36-14-2-15-37-67)128-106(124-86,75-48-26-8-27-49-75)76-50-28-9-29-51-76/h1-61,87,92,97-98,103,108-109H,62-65H2/t87-,92-,97+,98-,103-/m1/s1. The number of aromatic hydroxyl groups is 2. The SMILES string of the molecule is O=C(OC[C@H]1O[C@@H](OCc2ccccc2)[C@@H]2OC(=O)c3cc(OCc4ccccc4)c4c(c3-c3c(cc5c(c3OCc3ccccc3)OC(c3ccccc3)(c3ccccc3)O5)C(=O)O[C@H]2[C@@H]1OC(=O)c1cc(O)c2c(c1)OC(c1ccccc1)(c1ccccc1)O2)OC(c1ccccc1)(c1ccccc1)O4)c1cc(O)c2c(c1)OC(c1ccccc1)(c1ccccc1)O2. The first kappa shape index (κ1) is 79.9. The van der Waals surface area contributed by atoms with Gasteiger partial charge in [0.1, 0.15) is 25.9 Å². The number of esters is 4. The lowest BCUT2D eigenvalue weighted by molar-refractivity contribution is -0.301. The summed E-state index contributed by atoms with van der Waals surface area (Å²) in [5.74, 6) is -13.7. The lowest BCUT2D eigenvalue weighted by Crippen LogP contribution is -2.63. The Morgan fingerprint density at radius 1 is 0.326 bits per heavy atom. The summed E-state index contributed by atoms with van der Waals surface area (Å²) in [5, 5.41) is 24.3. The molecule has 15 aromatic rings. The van der Waals surface area contributed by atoms with Crippen molar-refractivity contribution in [2.24, 2.45) is 0 Å². The number of benzene rings is 15. The summed E-state index contributed by atoms with van der Waals surface area (Å²) in [6.07, 6.45) is -9.89. The zero-order chi connectivity index (χ0) is 87.2. The molecular formula is C107H76O22. The fourth-order valence-electron chi connectivity index (χ4n) is 17.1. The van der Waals surface area contributed by atoms with Crippen LogP contribution in [0.1, 0.15) is 103 Å². The summed E-state index contributed by atoms with van der Waals surface area (Å²) in [5.41, 5.74) is 4.48. The van der Waals surface area contributed by atoms with E-state index in [2.05, 4.69) is 0 Å². The number of rotatable bonds is 22. The van der Waals surface area contributed by atoms with Gasteiger partial charge in [-0.25, -0.2) is 19.2 Å². The molecule has 0 spiro atoms. The molecule has 6 aliphatic heterocycles. The third-order valence-electron chi connectivity index (χ3n) is 23.3. The number of phenols is 2. The van der Waals surface area contributed by atoms with Gasteiger partial charge in [0, 0.05) is 55.6 Å². The molecule has 6 aliphatic rings. The summed E-state index contributed by atoms with van der Waals surface area (Å²) < 4.78 is 112. The van der Waals surface area contributed by atoms with Crippen molar-refractivity contribution in [2.45, 2.75) is 73.7 Å². The van der Waals surface area contributed by atoms with Crippen molar-refractivity contribution in [2.75, 3.05) is 6.61 Å². The molecule has 22 nitrogen and oxygen atoms in total. The highest BCUT2D eigenvalue weighted by molar-refractivity contribution is 6.09. The minimum absolute atomic E-state index is 0.0332. The summed E-state index contributed by atoms with van der Waals surface area (Å²) >= 11 is 0. The number of ether oxygens (including phenoxy) is 16. The van der Waals surface area contributed by atoms with Gasteiger partial charge < -0.3 is 86.0 Å². The Balaban J connectivity index is 0.761. The average Bonchev–Trinajstić information content (AvgIpc) is 1.51. The number of phenolic OH excluding ortho intramolecular Hbond substituents is 2. The van der Waals surface area contributed by atoms with Gasteiger partial charge in [-0.15, -0.1) is 0 Å². The summed E-state index contributed by atoms with van der Waals surface area (Å²) in [6.45, 7) is -1.49. The highest BCUT2D eigenvalue weighted by Crippen LogP contribution is 2.64. The molecule has 5 atom stereocenters. The first-order valence-electron chi connectivity index (χ1n) is 41.9. The molecule has 2 N–H and O–H groups in total. The molecule has 0 aromatic heterocycles. The molecule has 0 radical (unpaired) electrons. The Labute approximate surface area is 738 Å². The fourth-order valence-corrected chi connectivity index (χ4v) is 17.1. The van der Waals surface area contributed by atoms with E-state index in [1.165, 1.54) is 24.3 Å². The van der Waals surface area contributed by atoms with E-state index in [0.29, 0.717) is 55.6 Å². The monoisotopic (exact) mass is 1710 g/mol. The van der Waals surface area contributed by atoms with E-state index >= 15 is 19.2 Å². The number of carbonyl (C=O) groups excluding carboxylic acids is 4. The van der Waals surface area contributed by atoms with Crippen LogP contribution in [0.25, 0.3) is 11.1 Å². The summed E-state index contributed by atoms with van der Waals surface area (Å²) in [6, 6.07) is 108. The van der Waals surface area contributed by atoms with Crippen molar-refractivity contribution in [3.05, 3.63) is 454 Å². The van der Waals surface area contributed by atoms with E-state index in [0.717, 1.165) is 17.7 Å². The van der Waals surface area contributed by atoms with Crippen molar-refractivity contribution in [1.29, 1.82) is 0 Å². The smallest absolute Gasteiger partial charge is 0.339 e. The summed E-state index contributed by atoms with van der Waals surface area (Å²) in [4.78, 5) is 66.3. The van der Waals surface area contributed by atoms with Crippen molar-refractivity contribution in [1.82, 2.24) is 0 Å². The van der Waals surface area contributed by atoms with Gasteiger partial charge in [-0.3, -0.25) is 0 Å². The quantitative estimate of drug-likeness (QED) is 0.0472. The molecule has 1 fully saturated rings. The maximum Gasteiger partial charge on any atom is 0.339 e. The Kier molecular flexibility index (Phi) is 20.6. The average molecular weight is 1710 g/mol. The van der Waals surface area contributed by atoms with E-state index in [1.54, 1.807) is 97.1 Å². The molecule has 0 unspecified atom stereocenters. The summed E-state index contributed by atoms with van der Waals surface area (Å²) in [7, 11) is 0. The van der Waals surface area contributed by atoms with Gasteiger partial charge in [-0.1, -0.05) is 334 Å². The van der Waals surface area contributed by atoms with Crippen LogP contribution in [0.4, 0.5) is 0 Å². The van der Waals surface area contributed by atoms with Crippen molar-refractivity contribution in [3.8, 4) is 80.1 Å². The molecule has 636 valence electrons. The zero-order valence-electron chi connectivity index (χ0n) is 68.5. The van der Waals surface area contributed by atoms with Crippen LogP contribution >= 0.6 is 0 Å². The molecule has 1 saturated heterocycles. The molecule has 6 heterocycles. The number of fused-ring (bicyclic) bond motifs is 9. The Morgan fingerprint density at radius 2 is 0.659 bits per heavy atom. The van der Waals surface area contributed by atoms with Gasteiger partial charge >= 0.3 is 47.0 Å². The van der Waals surface area contributed by atoms with Gasteiger partial charge in [0.05, 0.1) is 28.9 Å². The minimum atomic E-state index is -2.11. The predicted molar refractivity (Wildman–Crippen MR) is 467 cm³/mol. The second-order valence-corrected chi connectivity index (χ2v) is 31.4. The topological polar surface area (TPSA) is 256 Å². The third kappa shape index (κ3) is 14.6. The molecule has 0 bridgehead atoms. The molecule has 15 aromatic carbocycles. The van der Waals surface area contributed by atoms with Crippen molar-refractivity contribution >= 4 is 23.9 Å². The Bertz CT molecular complexity index is 6550. The van der Waals surface area contributed by atoms with Gasteiger partial charge in [-0.05, 0) is 53.1 Å². The van der Waals surface area contributed by atoms with Crippen LogP contribution < -0.4 is 47.4 Å². The second-order valence-electron chi connectivity index (χ2n) is 31.4. The van der Waals surface area contributed by atoms with Gasteiger partial charge in [0.2, 0.25) is 23.0 Å². The normalized spacial score (nSPS) is 18.1. The highest BCUT2D eigenvalue weighted by Gasteiger charge is 2.59. The Hall–Kier alpha value is -16.3. The lowest BCUT2D eigenvalue weighted by atomic mass is 9.90. The van der Waals surface area contributed by atoms with E-state index in [9.17, 15) is 10.2 Å². The van der Waals surface area contributed by atoms with Crippen LogP contribution in [-0.2, 0) is 71.4 Å². The van der Waals surface area contributed by atoms with E-state index < -0.39 is 95.8 Å². The maximum atomic E-state index is 17.5. The third-order valence-corrected chi connectivity index (χ3v) is 23.3. The zero-order valence-corrected chi connectivity index (χ0v) is 68.5.